The lowest BCUT2D eigenvalue weighted by molar-refractivity contribution is -0.113. The Morgan fingerprint density at radius 1 is 1.16 bits per heavy atom. The number of nitrogens with zero attached hydrogens (tertiary/aromatic N) is 2. The average molecular weight is 424 g/mol. The molecule has 0 aromatic carbocycles. The largest absolute Gasteiger partial charge is 0.396 e. The number of hydrogen-bond acceptors (Lipinski definition) is 4. The van der Waals surface area contributed by atoms with E-state index in [2.05, 4.69) is 50.6 Å². The molecule has 4 nitrogen and oxygen atoms in total. The van der Waals surface area contributed by atoms with E-state index in [1.165, 1.54) is 23.6 Å². The van der Waals surface area contributed by atoms with Gasteiger partial charge in [0.2, 0.25) is 0 Å². The maximum atomic E-state index is 11.7. The second kappa shape index (κ2) is 13.7. The van der Waals surface area contributed by atoms with E-state index in [9.17, 15) is 4.79 Å². The molecule has 1 saturated carbocycles. The molecule has 31 heavy (non-hydrogen) atoms. The van der Waals surface area contributed by atoms with Gasteiger partial charge in [0.1, 0.15) is 0 Å². The fourth-order valence-corrected chi connectivity index (χ4v) is 3.76. The molecule has 0 amide bonds. The summed E-state index contributed by atoms with van der Waals surface area (Å²) in [5, 5.41) is 0. The summed E-state index contributed by atoms with van der Waals surface area (Å²) in [5.74, 6) is -0.0456. The number of carbonyl (C=O) groups excluding carboxylic acids is 1. The molecule has 0 bridgehead atoms. The van der Waals surface area contributed by atoms with Gasteiger partial charge in [-0.1, -0.05) is 18.7 Å². The summed E-state index contributed by atoms with van der Waals surface area (Å²) in [7, 11) is 0. The van der Waals surface area contributed by atoms with Gasteiger partial charge in [-0.3, -0.25) is 9.79 Å². The molecule has 4 heteroatoms. The molecule has 0 aromatic rings. The third-order valence-electron chi connectivity index (χ3n) is 5.69. The van der Waals surface area contributed by atoms with E-state index >= 15 is 0 Å². The van der Waals surface area contributed by atoms with Crippen molar-refractivity contribution < 1.29 is 4.79 Å². The predicted molar refractivity (Wildman–Crippen MR) is 133 cm³/mol. The van der Waals surface area contributed by atoms with Crippen molar-refractivity contribution in [2.75, 3.05) is 19.6 Å². The normalized spacial score (nSPS) is 18.7. The fourth-order valence-electron chi connectivity index (χ4n) is 3.76. The Bertz CT molecular complexity index is 857. The number of nitrogens with two attached hydrogens (primary N) is 1. The van der Waals surface area contributed by atoms with E-state index in [0.717, 1.165) is 75.1 Å². The molecule has 0 aromatic heterocycles. The molecule has 2 aliphatic carbocycles. The lowest BCUT2D eigenvalue weighted by Crippen LogP contribution is -2.27. The molecule has 0 unspecified atom stereocenters. The van der Waals surface area contributed by atoms with Crippen LogP contribution < -0.4 is 5.73 Å². The van der Waals surface area contributed by atoms with Gasteiger partial charge in [-0.05, 0) is 88.7 Å². The number of rotatable bonds is 8. The quantitative estimate of drug-likeness (QED) is 0.224. The highest BCUT2D eigenvalue weighted by atomic mass is 16.1. The summed E-state index contributed by atoms with van der Waals surface area (Å²) in [4.78, 5) is 18.9. The minimum atomic E-state index is -0.0456. The number of carbonyl (C=O) groups is 1. The summed E-state index contributed by atoms with van der Waals surface area (Å²) >= 11 is 0. The minimum Gasteiger partial charge on any atom is -0.396 e. The first kappa shape index (κ1) is 26.5. The molecule has 1 fully saturated rings. The van der Waals surface area contributed by atoms with Gasteiger partial charge >= 0.3 is 0 Å². The Hall–Kier alpha value is -2.54. The second-order valence-corrected chi connectivity index (χ2v) is 8.21. The molecule has 2 rings (SSSR count). The van der Waals surface area contributed by atoms with Crippen LogP contribution >= 0.6 is 0 Å². The monoisotopic (exact) mass is 423 g/mol. The number of ketones is 1. The highest BCUT2D eigenvalue weighted by Gasteiger charge is 2.19. The maximum absolute atomic E-state index is 11.7. The summed E-state index contributed by atoms with van der Waals surface area (Å²) in [6, 6.07) is 0. The first-order chi connectivity index (χ1) is 14.8. The Balaban J connectivity index is 0.00000151. The van der Waals surface area contributed by atoms with Crippen molar-refractivity contribution in [2.24, 2.45) is 10.7 Å². The summed E-state index contributed by atoms with van der Waals surface area (Å²) in [6.45, 7) is 18.1. The number of hydrogen-bond donors (Lipinski definition) is 1. The van der Waals surface area contributed by atoms with Crippen molar-refractivity contribution in [3.8, 4) is 0 Å². The molecular weight excluding hydrogens is 382 g/mol. The van der Waals surface area contributed by atoms with Gasteiger partial charge in [-0.25, -0.2) is 0 Å². The molecule has 0 aliphatic heterocycles. The average Bonchev–Trinajstić information content (AvgIpc) is 2.75. The van der Waals surface area contributed by atoms with Crippen molar-refractivity contribution in [3.63, 3.8) is 0 Å². The third kappa shape index (κ3) is 7.90. The van der Waals surface area contributed by atoms with E-state index in [1.54, 1.807) is 6.08 Å². The van der Waals surface area contributed by atoms with Crippen molar-refractivity contribution in [1.82, 2.24) is 4.90 Å². The highest BCUT2D eigenvalue weighted by molar-refractivity contribution is 6.08. The van der Waals surface area contributed by atoms with E-state index in [1.807, 2.05) is 6.92 Å². The summed E-state index contributed by atoms with van der Waals surface area (Å²) < 4.78 is 0. The van der Waals surface area contributed by atoms with Crippen molar-refractivity contribution in [1.29, 1.82) is 0 Å². The van der Waals surface area contributed by atoms with E-state index in [-0.39, 0.29) is 5.78 Å². The molecule has 0 saturated heterocycles. The Morgan fingerprint density at radius 3 is 2.42 bits per heavy atom. The predicted octanol–water partition coefficient (Wildman–Crippen LogP) is 6.03. The fraction of sp³-hybridized carbons (Fsp3) is 0.556. The van der Waals surface area contributed by atoms with Crippen LogP contribution in [0.5, 0.6) is 0 Å². The van der Waals surface area contributed by atoms with E-state index in [0.29, 0.717) is 5.70 Å². The Kier molecular flexibility index (Phi) is 11.7. The van der Waals surface area contributed by atoms with Crippen LogP contribution in [0.2, 0.25) is 0 Å². The summed E-state index contributed by atoms with van der Waals surface area (Å²) in [5.41, 5.74) is 20.0. The van der Waals surface area contributed by atoms with Crippen LogP contribution in [0.1, 0.15) is 80.1 Å². The van der Waals surface area contributed by atoms with Crippen molar-refractivity contribution in [2.45, 2.75) is 80.1 Å². The smallest absolute Gasteiger partial charge is 0.175 e. The molecular formula is C27H41N3O. The molecule has 2 N–H and O–H groups in total. The van der Waals surface area contributed by atoms with Crippen LogP contribution in [0, 0.1) is 0 Å². The van der Waals surface area contributed by atoms with E-state index < -0.39 is 0 Å². The zero-order valence-electron chi connectivity index (χ0n) is 20.5. The highest BCUT2D eigenvalue weighted by Crippen LogP contribution is 2.25. The molecule has 0 atom stereocenters. The van der Waals surface area contributed by atoms with Gasteiger partial charge in [-0.15, -0.1) is 6.58 Å². The van der Waals surface area contributed by atoms with Crippen LogP contribution in [0.25, 0.3) is 0 Å². The lowest BCUT2D eigenvalue weighted by atomic mass is 9.90. The number of aliphatic imine (C=N–C) groups is 1. The maximum Gasteiger partial charge on any atom is 0.175 e. The topological polar surface area (TPSA) is 58.7 Å². The van der Waals surface area contributed by atoms with Gasteiger partial charge < -0.3 is 10.6 Å². The minimum absolute atomic E-state index is 0.0456. The van der Waals surface area contributed by atoms with Crippen LogP contribution in [0.15, 0.2) is 62.8 Å². The van der Waals surface area contributed by atoms with Gasteiger partial charge in [-0.2, -0.15) is 0 Å². The number of Topliss-reactive ketones (excluding diaryl/α,β-unsaturated/α-hetero) is 1. The number of allylic oxidation sites excluding steroid dienone is 6. The lowest BCUT2D eigenvalue weighted by Gasteiger charge is -2.28. The van der Waals surface area contributed by atoms with Crippen LogP contribution in [-0.2, 0) is 4.79 Å². The molecule has 0 radical (unpaired) electrons. The zero-order valence-corrected chi connectivity index (χ0v) is 20.5. The molecule has 0 heterocycles. The standard InChI is InChI=1S/C24H35N3O.C3H6/c1-6-15-27(23-13-12-17(2)18(3)19(23)4)16-9-14-26-22-11-8-7-10-21(22)24(25)20(5)28;1-3-2/h6-11,14-16,25H2,1-5H3;3H,1H2,2H3/b24-21-,26-22?;. The third-order valence-corrected chi connectivity index (χ3v) is 5.69. The summed E-state index contributed by atoms with van der Waals surface area (Å²) in [6.07, 6.45) is 7.83. The zero-order chi connectivity index (χ0) is 23.4. The first-order valence-electron chi connectivity index (χ1n) is 11.5. The van der Waals surface area contributed by atoms with Crippen LogP contribution in [0.4, 0.5) is 0 Å². The van der Waals surface area contributed by atoms with Crippen molar-refractivity contribution in [3.05, 3.63) is 57.8 Å². The molecule has 170 valence electrons. The van der Waals surface area contributed by atoms with Gasteiger partial charge in [0.05, 0.1) is 11.4 Å². The van der Waals surface area contributed by atoms with Crippen LogP contribution in [-0.4, -0.2) is 36.0 Å². The van der Waals surface area contributed by atoms with Gasteiger partial charge in [0.25, 0.3) is 0 Å². The SMILES string of the molecule is C=CC.CCCN(CCCN=C1CCCC/C1=C(/N)C(C)=O)C1=C=C=C(C)C(C)=C1C. The van der Waals surface area contributed by atoms with Crippen molar-refractivity contribution >= 4 is 11.5 Å². The Labute approximate surface area is 189 Å². The van der Waals surface area contributed by atoms with Crippen LogP contribution in [0.3, 0.4) is 0 Å². The van der Waals surface area contributed by atoms with Gasteiger partial charge in [0, 0.05) is 37.8 Å². The molecule has 2 aliphatic rings. The molecule has 0 spiro atoms. The second-order valence-electron chi connectivity index (χ2n) is 8.21. The first-order valence-corrected chi connectivity index (χ1v) is 11.5. The van der Waals surface area contributed by atoms with E-state index in [4.69, 9.17) is 10.7 Å². The Morgan fingerprint density at radius 2 is 1.81 bits per heavy atom. The van der Waals surface area contributed by atoms with Gasteiger partial charge in [0.15, 0.2) is 5.78 Å².